The number of aromatic nitrogens is 4. The van der Waals surface area contributed by atoms with E-state index in [1.165, 1.54) is 21.4 Å². The number of rotatable bonds is 5. The van der Waals surface area contributed by atoms with Crippen LogP contribution in [0.3, 0.4) is 0 Å². The molecule has 0 amide bonds. The molecule has 154 valence electrons. The number of nitrogens with zero attached hydrogens (tertiary/aromatic N) is 6. The minimum atomic E-state index is -3.59. The zero-order valence-corrected chi connectivity index (χ0v) is 17.5. The van der Waals surface area contributed by atoms with Crippen molar-refractivity contribution >= 4 is 26.6 Å². The van der Waals surface area contributed by atoms with Crippen molar-refractivity contribution in [3.63, 3.8) is 0 Å². The number of hydrogen-bond donors (Lipinski definition) is 0. The summed E-state index contributed by atoms with van der Waals surface area (Å²) in [6.45, 7) is 5.88. The van der Waals surface area contributed by atoms with Crippen LogP contribution >= 0.6 is 0 Å². The standard InChI is InChI=1S/C19H24N6O3S/c1-14(2)28-18-16-12-15(4-5-17(16)21-13-22-18)24-8-10-25(11-9-24)29(26,27)19-20-6-7-23(19)3/h4-7,12-14H,8-11H2,1-3H3. The Hall–Kier alpha value is -2.72. The van der Waals surface area contributed by atoms with E-state index in [-0.39, 0.29) is 11.3 Å². The van der Waals surface area contributed by atoms with E-state index in [1.807, 2.05) is 32.0 Å². The molecule has 4 rings (SSSR count). The number of benzene rings is 1. The number of imidazole rings is 1. The molecule has 0 atom stereocenters. The molecule has 0 radical (unpaired) electrons. The maximum Gasteiger partial charge on any atom is 0.277 e. The van der Waals surface area contributed by atoms with Gasteiger partial charge in [-0.25, -0.2) is 23.4 Å². The van der Waals surface area contributed by atoms with E-state index in [0.29, 0.717) is 32.1 Å². The second-order valence-electron chi connectivity index (χ2n) is 7.26. The average molecular weight is 417 g/mol. The Kier molecular flexibility index (Phi) is 5.13. The number of anilines is 1. The number of hydrogen-bond acceptors (Lipinski definition) is 7. The van der Waals surface area contributed by atoms with Crippen LogP contribution in [0.2, 0.25) is 0 Å². The van der Waals surface area contributed by atoms with Crippen LogP contribution in [-0.4, -0.2) is 64.5 Å². The fourth-order valence-electron chi connectivity index (χ4n) is 3.44. The van der Waals surface area contributed by atoms with Crippen molar-refractivity contribution in [3.8, 4) is 5.88 Å². The molecule has 0 saturated carbocycles. The number of ether oxygens (including phenoxy) is 1. The van der Waals surface area contributed by atoms with E-state index in [9.17, 15) is 8.42 Å². The first-order chi connectivity index (χ1) is 13.9. The highest BCUT2D eigenvalue weighted by Crippen LogP contribution is 2.28. The molecule has 3 aromatic rings. The summed E-state index contributed by atoms with van der Waals surface area (Å²) in [5.74, 6) is 0.558. The van der Waals surface area contributed by atoms with Gasteiger partial charge in [-0.05, 0) is 32.0 Å². The summed E-state index contributed by atoms with van der Waals surface area (Å²) in [6.07, 6.45) is 4.64. The van der Waals surface area contributed by atoms with Gasteiger partial charge in [0.2, 0.25) is 11.0 Å². The third kappa shape index (κ3) is 3.77. The highest BCUT2D eigenvalue weighted by atomic mass is 32.2. The van der Waals surface area contributed by atoms with Crippen LogP contribution in [0.25, 0.3) is 10.9 Å². The van der Waals surface area contributed by atoms with Crippen molar-refractivity contribution in [1.82, 2.24) is 23.8 Å². The van der Waals surface area contributed by atoms with Crippen LogP contribution in [0, 0.1) is 0 Å². The fourth-order valence-corrected chi connectivity index (χ4v) is 4.93. The van der Waals surface area contributed by atoms with Crippen LogP contribution in [0.4, 0.5) is 5.69 Å². The van der Waals surface area contributed by atoms with Gasteiger partial charge >= 0.3 is 0 Å². The summed E-state index contributed by atoms with van der Waals surface area (Å²) in [5, 5.41) is 0.922. The number of sulfonamides is 1. The lowest BCUT2D eigenvalue weighted by molar-refractivity contribution is 0.235. The molecular weight excluding hydrogens is 392 g/mol. The molecule has 10 heteroatoms. The lowest BCUT2D eigenvalue weighted by Gasteiger charge is -2.35. The summed E-state index contributed by atoms with van der Waals surface area (Å²) in [4.78, 5) is 14.7. The number of piperazine rings is 1. The van der Waals surface area contributed by atoms with Gasteiger partial charge in [0.05, 0.1) is 17.0 Å². The fraction of sp³-hybridized carbons (Fsp3) is 0.421. The topological polar surface area (TPSA) is 93.5 Å². The molecule has 9 nitrogen and oxygen atoms in total. The van der Waals surface area contributed by atoms with E-state index in [1.54, 1.807) is 13.2 Å². The molecule has 29 heavy (non-hydrogen) atoms. The number of fused-ring (bicyclic) bond motifs is 1. The van der Waals surface area contributed by atoms with Crippen molar-refractivity contribution in [1.29, 1.82) is 0 Å². The molecule has 0 spiro atoms. The molecule has 0 aliphatic carbocycles. The maximum atomic E-state index is 12.8. The first-order valence-corrected chi connectivity index (χ1v) is 10.9. The summed E-state index contributed by atoms with van der Waals surface area (Å²) in [5.41, 5.74) is 1.81. The zero-order chi connectivity index (χ0) is 20.6. The van der Waals surface area contributed by atoms with Crippen molar-refractivity contribution in [2.24, 2.45) is 7.05 Å². The van der Waals surface area contributed by atoms with Gasteiger partial charge in [0.15, 0.2) is 0 Å². The minimum Gasteiger partial charge on any atom is -0.474 e. The van der Waals surface area contributed by atoms with Crippen LogP contribution in [0.5, 0.6) is 5.88 Å². The second kappa shape index (κ2) is 7.60. The van der Waals surface area contributed by atoms with E-state index >= 15 is 0 Å². The van der Waals surface area contributed by atoms with Gasteiger partial charge in [-0.15, -0.1) is 0 Å². The van der Waals surface area contributed by atoms with Crippen LogP contribution in [0.1, 0.15) is 13.8 Å². The molecule has 1 saturated heterocycles. The molecule has 3 heterocycles. The summed E-state index contributed by atoms with van der Waals surface area (Å²) >= 11 is 0. The summed E-state index contributed by atoms with van der Waals surface area (Å²) in [6, 6.07) is 5.95. The van der Waals surface area contributed by atoms with E-state index < -0.39 is 10.0 Å². The third-order valence-corrected chi connectivity index (χ3v) is 6.78. The van der Waals surface area contributed by atoms with Gasteiger partial charge in [-0.2, -0.15) is 4.31 Å². The molecule has 0 N–H and O–H groups in total. The van der Waals surface area contributed by atoms with Gasteiger partial charge in [0.1, 0.15) is 6.33 Å². The summed E-state index contributed by atoms with van der Waals surface area (Å²) in [7, 11) is -1.91. The normalized spacial score (nSPS) is 15.9. The van der Waals surface area contributed by atoms with Crippen LogP contribution < -0.4 is 9.64 Å². The Morgan fingerprint density at radius 2 is 1.83 bits per heavy atom. The predicted molar refractivity (Wildman–Crippen MR) is 109 cm³/mol. The molecule has 1 aromatic carbocycles. The molecule has 0 bridgehead atoms. The van der Waals surface area contributed by atoms with Gasteiger partial charge in [0, 0.05) is 51.3 Å². The minimum absolute atomic E-state index is 0.0108. The van der Waals surface area contributed by atoms with Gasteiger partial charge < -0.3 is 14.2 Å². The smallest absolute Gasteiger partial charge is 0.277 e. The van der Waals surface area contributed by atoms with Crippen molar-refractivity contribution < 1.29 is 13.2 Å². The Morgan fingerprint density at radius 3 is 2.48 bits per heavy atom. The van der Waals surface area contributed by atoms with Crippen LogP contribution in [-0.2, 0) is 17.1 Å². The predicted octanol–water partition coefficient (Wildman–Crippen LogP) is 1.66. The number of aryl methyl sites for hydroxylation is 1. The Bertz CT molecular complexity index is 1120. The lowest BCUT2D eigenvalue weighted by Crippen LogP contribution is -2.49. The molecule has 2 aromatic heterocycles. The molecule has 1 fully saturated rings. The van der Waals surface area contributed by atoms with E-state index in [0.717, 1.165) is 16.6 Å². The van der Waals surface area contributed by atoms with Gasteiger partial charge in [0.25, 0.3) is 10.0 Å². The van der Waals surface area contributed by atoms with Crippen molar-refractivity contribution in [2.75, 3.05) is 31.1 Å². The molecule has 1 aliphatic rings. The maximum absolute atomic E-state index is 12.8. The van der Waals surface area contributed by atoms with Crippen molar-refractivity contribution in [2.45, 2.75) is 25.1 Å². The summed E-state index contributed by atoms with van der Waals surface area (Å²) < 4.78 is 34.5. The molecular formula is C19H24N6O3S. The highest BCUT2D eigenvalue weighted by Gasteiger charge is 2.31. The highest BCUT2D eigenvalue weighted by molar-refractivity contribution is 7.89. The first kappa shape index (κ1) is 19.6. The van der Waals surface area contributed by atoms with E-state index in [2.05, 4.69) is 19.9 Å². The van der Waals surface area contributed by atoms with Crippen LogP contribution in [0.15, 0.2) is 42.1 Å². The van der Waals surface area contributed by atoms with Gasteiger partial charge in [-0.1, -0.05) is 0 Å². The quantitative estimate of drug-likeness (QED) is 0.624. The SMILES string of the molecule is CC(C)Oc1ncnc2ccc(N3CCN(S(=O)(=O)c4nccn4C)CC3)cc12. The second-order valence-corrected chi connectivity index (χ2v) is 9.09. The van der Waals surface area contributed by atoms with Gasteiger partial charge in [-0.3, -0.25) is 0 Å². The lowest BCUT2D eigenvalue weighted by atomic mass is 10.2. The third-order valence-electron chi connectivity index (χ3n) is 4.88. The van der Waals surface area contributed by atoms with Crippen molar-refractivity contribution in [3.05, 3.63) is 36.9 Å². The Balaban J connectivity index is 1.54. The van der Waals surface area contributed by atoms with E-state index in [4.69, 9.17) is 4.74 Å². The monoisotopic (exact) mass is 416 g/mol. The Morgan fingerprint density at radius 1 is 1.07 bits per heavy atom. The average Bonchev–Trinajstić information content (AvgIpc) is 3.14. The molecule has 1 aliphatic heterocycles. The first-order valence-electron chi connectivity index (χ1n) is 9.50. The zero-order valence-electron chi connectivity index (χ0n) is 16.7. The largest absolute Gasteiger partial charge is 0.474 e. The Labute approximate surface area is 170 Å². The molecule has 0 unspecified atom stereocenters.